The van der Waals surface area contributed by atoms with E-state index >= 15 is 0 Å². The molecule has 1 aromatic rings. The molecule has 0 aliphatic heterocycles. The molecule has 0 fully saturated rings. The molecule has 0 saturated carbocycles. The minimum Gasteiger partial charge on any atom is -0.458 e. The van der Waals surface area contributed by atoms with Gasteiger partial charge < -0.3 is 19.7 Å². The first-order chi connectivity index (χ1) is 13.4. The molecule has 162 valence electrons. The Hall–Kier alpha value is -2.57. The van der Waals surface area contributed by atoms with Crippen molar-refractivity contribution in [2.24, 2.45) is 0 Å². The van der Waals surface area contributed by atoms with Gasteiger partial charge in [-0.1, -0.05) is 18.2 Å². The van der Waals surface area contributed by atoms with E-state index in [0.29, 0.717) is 37.9 Å². The van der Waals surface area contributed by atoms with Crippen LogP contribution in [-0.4, -0.2) is 42.3 Å². The molecule has 0 spiro atoms. The molecule has 7 nitrogen and oxygen atoms in total. The van der Waals surface area contributed by atoms with E-state index in [2.05, 4.69) is 5.32 Å². The number of rotatable bonds is 9. The Bertz CT molecular complexity index is 662. The lowest BCUT2D eigenvalue weighted by molar-refractivity contribution is -0.157. The van der Waals surface area contributed by atoms with E-state index in [1.54, 1.807) is 53.7 Å². The molecule has 1 aromatic carbocycles. The normalized spacial score (nSPS) is 12.6. The molecule has 0 heterocycles. The number of amides is 2. The number of para-hydroxylation sites is 1. The Kier molecular flexibility index (Phi) is 9.14. The highest BCUT2D eigenvalue weighted by Crippen LogP contribution is 2.21. The number of alkyl carbamates (subject to hydrolysis) is 1. The second kappa shape index (κ2) is 10.8. The third kappa shape index (κ3) is 9.96. The van der Waals surface area contributed by atoms with E-state index in [9.17, 15) is 14.4 Å². The number of benzene rings is 1. The second-order valence-corrected chi connectivity index (χ2v) is 8.82. The molecule has 0 aliphatic carbocycles. The van der Waals surface area contributed by atoms with Crippen molar-refractivity contribution in [2.75, 3.05) is 11.4 Å². The first kappa shape index (κ1) is 24.5. The minimum atomic E-state index is -0.740. The van der Waals surface area contributed by atoms with Gasteiger partial charge in [-0.15, -0.1) is 0 Å². The summed E-state index contributed by atoms with van der Waals surface area (Å²) in [6, 6.07) is 8.27. The van der Waals surface area contributed by atoms with Crippen molar-refractivity contribution in [3.63, 3.8) is 0 Å². The van der Waals surface area contributed by atoms with Crippen LogP contribution in [0, 0.1) is 0 Å². The quantitative estimate of drug-likeness (QED) is 0.380. The van der Waals surface area contributed by atoms with Crippen molar-refractivity contribution in [3.8, 4) is 0 Å². The monoisotopic (exact) mass is 406 g/mol. The maximum atomic E-state index is 12.7. The maximum Gasteiger partial charge on any atom is 0.407 e. The molecular weight excluding hydrogens is 372 g/mol. The predicted molar refractivity (Wildman–Crippen MR) is 113 cm³/mol. The van der Waals surface area contributed by atoms with Gasteiger partial charge in [-0.2, -0.15) is 0 Å². The van der Waals surface area contributed by atoms with Gasteiger partial charge in [0.15, 0.2) is 0 Å². The molecule has 0 bridgehead atoms. The lowest BCUT2D eigenvalue weighted by Crippen LogP contribution is -2.44. The van der Waals surface area contributed by atoms with Gasteiger partial charge in [0.2, 0.25) is 6.41 Å². The molecule has 7 heteroatoms. The van der Waals surface area contributed by atoms with E-state index in [1.165, 1.54) is 4.90 Å². The zero-order chi connectivity index (χ0) is 22.1. The number of nitrogens with zero attached hydrogens (tertiary/aromatic N) is 1. The lowest BCUT2D eigenvalue weighted by Gasteiger charge is -2.30. The van der Waals surface area contributed by atoms with Crippen LogP contribution in [0.15, 0.2) is 30.3 Å². The highest BCUT2D eigenvalue weighted by atomic mass is 16.6. The maximum absolute atomic E-state index is 12.7. The van der Waals surface area contributed by atoms with Gasteiger partial charge in [0.1, 0.15) is 17.2 Å². The van der Waals surface area contributed by atoms with Crippen molar-refractivity contribution in [1.29, 1.82) is 0 Å². The van der Waals surface area contributed by atoms with Crippen LogP contribution in [-0.2, 0) is 19.1 Å². The third-order valence-electron chi connectivity index (χ3n) is 3.76. The average molecular weight is 407 g/mol. The number of hydrogen-bond donors (Lipinski definition) is 1. The van der Waals surface area contributed by atoms with Gasteiger partial charge in [0.05, 0.1) is 0 Å². The molecular formula is C22H34N2O5. The van der Waals surface area contributed by atoms with Crippen molar-refractivity contribution in [3.05, 3.63) is 30.3 Å². The molecule has 0 saturated heterocycles. The van der Waals surface area contributed by atoms with E-state index in [1.807, 2.05) is 18.2 Å². The van der Waals surface area contributed by atoms with Crippen LogP contribution in [0.1, 0.15) is 60.8 Å². The summed E-state index contributed by atoms with van der Waals surface area (Å²) >= 11 is 0. The van der Waals surface area contributed by atoms with Crippen LogP contribution in [0.5, 0.6) is 0 Å². The third-order valence-corrected chi connectivity index (χ3v) is 3.76. The fraction of sp³-hybridized carbons (Fsp3) is 0.591. The minimum absolute atomic E-state index is 0.415. The summed E-state index contributed by atoms with van der Waals surface area (Å²) in [5.41, 5.74) is -0.574. The topological polar surface area (TPSA) is 84.9 Å². The summed E-state index contributed by atoms with van der Waals surface area (Å²) in [4.78, 5) is 37.6. The Morgan fingerprint density at radius 2 is 1.59 bits per heavy atom. The van der Waals surface area contributed by atoms with Crippen molar-refractivity contribution < 1.29 is 23.9 Å². The highest BCUT2D eigenvalue weighted by molar-refractivity contribution is 5.89. The van der Waals surface area contributed by atoms with E-state index in [4.69, 9.17) is 9.47 Å². The van der Waals surface area contributed by atoms with Crippen LogP contribution >= 0.6 is 0 Å². The molecule has 29 heavy (non-hydrogen) atoms. The summed E-state index contributed by atoms with van der Waals surface area (Å²) in [6.07, 6.45) is 1.86. The van der Waals surface area contributed by atoms with Crippen LogP contribution in [0.25, 0.3) is 0 Å². The Balaban J connectivity index is 2.71. The number of esters is 1. The van der Waals surface area contributed by atoms with E-state index in [-0.39, 0.29) is 0 Å². The number of carbonyl (C=O) groups is 3. The second-order valence-electron chi connectivity index (χ2n) is 8.82. The number of carbonyl (C=O) groups excluding carboxylic acids is 3. The van der Waals surface area contributed by atoms with Crippen molar-refractivity contribution in [2.45, 2.75) is 78.0 Å². The van der Waals surface area contributed by atoms with Crippen LogP contribution in [0.2, 0.25) is 0 Å². The summed E-state index contributed by atoms with van der Waals surface area (Å²) in [7, 11) is 0. The van der Waals surface area contributed by atoms with Crippen LogP contribution < -0.4 is 10.2 Å². The summed E-state index contributed by atoms with van der Waals surface area (Å²) in [6.45, 7) is 11.2. The number of anilines is 1. The van der Waals surface area contributed by atoms with Crippen LogP contribution in [0.3, 0.4) is 0 Å². The van der Waals surface area contributed by atoms with Gasteiger partial charge in [0, 0.05) is 12.2 Å². The number of unbranched alkanes of at least 4 members (excludes halogenated alkanes) is 1. The molecule has 0 aliphatic rings. The van der Waals surface area contributed by atoms with E-state index < -0.39 is 29.3 Å². The smallest absolute Gasteiger partial charge is 0.407 e. The molecule has 1 atom stereocenters. The fourth-order valence-electron chi connectivity index (χ4n) is 2.62. The molecule has 1 unspecified atom stereocenters. The summed E-state index contributed by atoms with van der Waals surface area (Å²) in [5, 5.41) is 2.69. The lowest BCUT2D eigenvalue weighted by atomic mass is 10.1. The molecule has 1 rings (SSSR count). The average Bonchev–Trinajstić information content (AvgIpc) is 2.58. The summed E-state index contributed by atoms with van der Waals surface area (Å²) < 4.78 is 10.7. The Morgan fingerprint density at radius 1 is 1.00 bits per heavy atom. The molecule has 0 aromatic heterocycles. The predicted octanol–water partition coefficient (Wildman–Crippen LogP) is 4.05. The molecule has 1 N–H and O–H groups in total. The van der Waals surface area contributed by atoms with Gasteiger partial charge >= 0.3 is 12.1 Å². The fourth-order valence-corrected chi connectivity index (χ4v) is 2.62. The van der Waals surface area contributed by atoms with Crippen molar-refractivity contribution >= 4 is 24.2 Å². The summed E-state index contributed by atoms with van der Waals surface area (Å²) in [5.74, 6) is -0.450. The van der Waals surface area contributed by atoms with Crippen molar-refractivity contribution in [1.82, 2.24) is 5.32 Å². The first-order valence-corrected chi connectivity index (χ1v) is 9.91. The number of nitrogens with one attached hydrogen (secondary N) is 1. The zero-order valence-electron chi connectivity index (χ0n) is 18.4. The van der Waals surface area contributed by atoms with Crippen LogP contribution in [0.4, 0.5) is 10.5 Å². The molecule has 2 amide bonds. The highest BCUT2D eigenvalue weighted by Gasteiger charge is 2.30. The number of ether oxygens (including phenoxy) is 2. The van der Waals surface area contributed by atoms with Gasteiger partial charge in [0.25, 0.3) is 0 Å². The standard InChI is InChI=1S/C22H34N2O5/c1-21(2,3)28-19(26)18(24(16-25)17-12-8-7-9-13-17)14-10-11-15-23-20(27)29-22(4,5)6/h7-9,12-13,16,18H,10-11,14-15H2,1-6H3,(H,23,27). The zero-order valence-corrected chi connectivity index (χ0v) is 18.4. The largest absolute Gasteiger partial charge is 0.458 e. The van der Waals surface area contributed by atoms with Gasteiger partial charge in [-0.3, -0.25) is 4.79 Å². The Morgan fingerprint density at radius 3 is 2.10 bits per heavy atom. The SMILES string of the molecule is CC(C)(C)OC(=O)NCCCCC(C(=O)OC(C)(C)C)N(C=O)c1ccccc1. The Labute approximate surface area is 173 Å². The van der Waals surface area contributed by atoms with Gasteiger partial charge in [-0.25, -0.2) is 9.59 Å². The van der Waals surface area contributed by atoms with Gasteiger partial charge in [-0.05, 0) is 72.9 Å². The number of hydrogen-bond acceptors (Lipinski definition) is 5. The molecule has 0 radical (unpaired) electrons. The first-order valence-electron chi connectivity index (χ1n) is 9.91. The van der Waals surface area contributed by atoms with E-state index in [0.717, 1.165) is 0 Å².